The highest BCUT2D eigenvalue weighted by atomic mass is 35.5. The molecule has 1 aliphatic heterocycles. The van der Waals surface area contributed by atoms with Crippen LogP contribution in [-0.4, -0.2) is 34.5 Å². The summed E-state index contributed by atoms with van der Waals surface area (Å²) in [6.07, 6.45) is 3.67. The standard InChI is InChI=1S/C12H18ClN3O/c1-2-4-15-7-9(13)6-11(15)12(17)16-5-3-10(14)8-16/h6-7,10H,2-5,8,14H2,1H3/t10-/m1/s1. The minimum absolute atomic E-state index is 0.0401. The summed E-state index contributed by atoms with van der Waals surface area (Å²) in [5.74, 6) is 0.0401. The van der Waals surface area contributed by atoms with Crippen molar-refractivity contribution in [2.45, 2.75) is 32.4 Å². The van der Waals surface area contributed by atoms with Crippen LogP contribution >= 0.6 is 11.6 Å². The van der Waals surface area contributed by atoms with Crippen LogP contribution in [0.1, 0.15) is 30.3 Å². The van der Waals surface area contributed by atoms with Crippen molar-refractivity contribution in [3.05, 3.63) is 23.0 Å². The topological polar surface area (TPSA) is 51.3 Å². The molecule has 94 valence electrons. The van der Waals surface area contributed by atoms with E-state index in [2.05, 4.69) is 6.92 Å². The minimum atomic E-state index is 0.0401. The number of hydrogen-bond donors (Lipinski definition) is 1. The van der Waals surface area contributed by atoms with Crippen molar-refractivity contribution < 1.29 is 4.79 Å². The smallest absolute Gasteiger partial charge is 0.270 e. The highest BCUT2D eigenvalue weighted by Crippen LogP contribution is 2.18. The first kappa shape index (κ1) is 12.5. The number of nitrogens with zero attached hydrogens (tertiary/aromatic N) is 2. The molecule has 1 fully saturated rings. The molecule has 0 bridgehead atoms. The lowest BCUT2D eigenvalue weighted by atomic mass is 10.3. The molecular weight excluding hydrogens is 238 g/mol. The average Bonchev–Trinajstić information content (AvgIpc) is 2.85. The van der Waals surface area contributed by atoms with E-state index in [1.54, 1.807) is 6.07 Å². The third kappa shape index (κ3) is 2.64. The molecule has 2 rings (SSSR count). The van der Waals surface area contributed by atoms with Gasteiger partial charge < -0.3 is 15.2 Å². The Hall–Kier alpha value is -1.00. The van der Waals surface area contributed by atoms with Gasteiger partial charge >= 0.3 is 0 Å². The van der Waals surface area contributed by atoms with Crippen LogP contribution in [0.4, 0.5) is 0 Å². The fraction of sp³-hybridized carbons (Fsp3) is 0.583. The Morgan fingerprint density at radius 2 is 2.41 bits per heavy atom. The molecule has 4 nitrogen and oxygen atoms in total. The number of likely N-dealkylation sites (tertiary alicyclic amines) is 1. The quantitative estimate of drug-likeness (QED) is 0.894. The van der Waals surface area contributed by atoms with Crippen molar-refractivity contribution in [3.8, 4) is 0 Å². The van der Waals surface area contributed by atoms with E-state index in [1.165, 1.54) is 0 Å². The molecule has 1 aromatic rings. The molecule has 0 aliphatic carbocycles. The van der Waals surface area contributed by atoms with Crippen LogP contribution in [0.5, 0.6) is 0 Å². The van der Waals surface area contributed by atoms with Gasteiger partial charge in [-0.15, -0.1) is 0 Å². The fourth-order valence-corrected chi connectivity index (χ4v) is 2.43. The predicted octanol–water partition coefficient (Wildman–Crippen LogP) is 1.72. The Morgan fingerprint density at radius 3 is 3.00 bits per heavy atom. The summed E-state index contributed by atoms with van der Waals surface area (Å²) in [6.45, 7) is 4.28. The molecule has 17 heavy (non-hydrogen) atoms. The first-order chi connectivity index (χ1) is 8.11. The van der Waals surface area contributed by atoms with Gasteiger partial charge in [0.1, 0.15) is 5.69 Å². The summed E-state index contributed by atoms with van der Waals surface area (Å²) in [6, 6.07) is 1.85. The highest BCUT2D eigenvalue weighted by molar-refractivity contribution is 6.31. The second-order valence-corrected chi connectivity index (χ2v) is 4.97. The van der Waals surface area contributed by atoms with Crippen molar-refractivity contribution in [1.29, 1.82) is 0 Å². The lowest BCUT2D eigenvalue weighted by molar-refractivity contribution is 0.0780. The van der Waals surface area contributed by atoms with Crippen LogP contribution < -0.4 is 5.73 Å². The summed E-state index contributed by atoms with van der Waals surface area (Å²) < 4.78 is 1.93. The van der Waals surface area contributed by atoms with Gasteiger partial charge in [-0.25, -0.2) is 0 Å². The van der Waals surface area contributed by atoms with Gasteiger partial charge in [0.25, 0.3) is 5.91 Å². The molecule has 0 spiro atoms. The molecule has 0 aromatic carbocycles. The van der Waals surface area contributed by atoms with Crippen LogP contribution in [0, 0.1) is 0 Å². The molecule has 1 amide bonds. The van der Waals surface area contributed by atoms with E-state index in [0.29, 0.717) is 17.3 Å². The van der Waals surface area contributed by atoms with E-state index >= 15 is 0 Å². The van der Waals surface area contributed by atoms with E-state index in [9.17, 15) is 4.79 Å². The molecule has 1 atom stereocenters. The lowest BCUT2D eigenvalue weighted by Gasteiger charge is -2.17. The zero-order chi connectivity index (χ0) is 12.4. The number of nitrogens with two attached hydrogens (primary N) is 1. The van der Waals surface area contributed by atoms with Gasteiger partial charge in [0, 0.05) is 31.9 Å². The number of aromatic nitrogens is 1. The van der Waals surface area contributed by atoms with E-state index in [4.69, 9.17) is 17.3 Å². The van der Waals surface area contributed by atoms with Crippen LogP contribution in [0.3, 0.4) is 0 Å². The van der Waals surface area contributed by atoms with Gasteiger partial charge in [-0.2, -0.15) is 0 Å². The third-order valence-electron chi connectivity index (χ3n) is 3.06. The maximum absolute atomic E-state index is 12.3. The lowest BCUT2D eigenvalue weighted by Crippen LogP contribution is -2.33. The molecule has 2 heterocycles. The summed E-state index contributed by atoms with van der Waals surface area (Å²) in [7, 11) is 0. The predicted molar refractivity (Wildman–Crippen MR) is 68.2 cm³/mol. The number of rotatable bonds is 3. The van der Waals surface area contributed by atoms with Gasteiger partial charge in [0.05, 0.1) is 5.02 Å². The van der Waals surface area contributed by atoms with Gasteiger partial charge in [-0.1, -0.05) is 18.5 Å². The Kier molecular flexibility index (Phi) is 3.74. The maximum atomic E-state index is 12.3. The summed E-state index contributed by atoms with van der Waals surface area (Å²) in [4.78, 5) is 14.1. The maximum Gasteiger partial charge on any atom is 0.270 e. The number of carbonyl (C=O) groups excluding carboxylic acids is 1. The summed E-state index contributed by atoms with van der Waals surface area (Å²) in [5.41, 5.74) is 6.49. The van der Waals surface area contributed by atoms with Crippen LogP contribution in [0.15, 0.2) is 12.3 Å². The first-order valence-electron chi connectivity index (χ1n) is 6.02. The van der Waals surface area contributed by atoms with E-state index in [1.807, 2.05) is 15.7 Å². The normalized spacial score (nSPS) is 19.9. The highest BCUT2D eigenvalue weighted by Gasteiger charge is 2.26. The number of amides is 1. The van der Waals surface area contributed by atoms with E-state index in [-0.39, 0.29) is 11.9 Å². The van der Waals surface area contributed by atoms with Crippen LogP contribution in [0.2, 0.25) is 5.02 Å². The first-order valence-corrected chi connectivity index (χ1v) is 6.40. The second kappa shape index (κ2) is 5.10. The Bertz CT molecular complexity index is 416. The SMILES string of the molecule is CCCn1cc(Cl)cc1C(=O)N1CC[C@@H](N)C1. The van der Waals surface area contributed by atoms with Gasteiger partial charge in [-0.3, -0.25) is 4.79 Å². The summed E-state index contributed by atoms with van der Waals surface area (Å²) >= 11 is 5.96. The second-order valence-electron chi connectivity index (χ2n) is 4.54. The van der Waals surface area contributed by atoms with Crippen molar-refractivity contribution in [1.82, 2.24) is 9.47 Å². The zero-order valence-electron chi connectivity index (χ0n) is 10.0. The fourth-order valence-electron chi connectivity index (χ4n) is 2.21. The molecule has 0 radical (unpaired) electrons. The molecular formula is C12H18ClN3O. The van der Waals surface area contributed by atoms with Crippen molar-refractivity contribution in [2.75, 3.05) is 13.1 Å². The molecule has 1 aromatic heterocycles. The monoisotopic (exact) mass is 255 g/mol. The van der Waals surface area contributed by atoms with Gasteiger partial charge in [0.15, 0.2) is 0 Å². The zero-order valence-corrected chi connectivity index (χ0v) is 10.8. The average molecular weight is 256 g/mol. The number of aryl methyl sites for hydroxylation is 1. The molecule has 1 saturated heterocycles. The summed E-state index contributed by atoms with van der Waals surface area (Å²) in [5, 5.41) is 0.616. The Balaban J connectivity index is 2.18. The molecule has 1 aliphatic rings. The van der Waals surface area contributed by atoms with Gasteiger partial charge in [0.2, 0.25) is 0 Å². The third-order valence-corrected chi connectivity index (χ3v) is 3.27. The minimum Gasteiger partial charge on any atom is -0.342 e. The van der Waals surface area contributed by atoms with Crippen LogP contribution in [-0.2, 0) is 6.54 Å². The molecule has 2 N–H and O–H groups in total. The van der Waals surface area contributed by atoms with Crippen molar-refractivity contribution in [3.63, 3.8) is 0 Å². The Labute approximate surface area is 106 Å². The number of hydrogen-bond acceptors (Lipinski definition) is 2. The van der Waals surface area contributed by atoms with E-state index in [0.717, 1.165) is 25.9 Å². The van der Waals surface area contributed by atoms with Crippen molar-refractivity contribution >= 4 is 17.5 Å². The van der Waals surface area contributed by atoms with Crippen molar-refractivity contribution in [2.24, 2.45) is 5.73 Å². The molecule has 5 heteroatoms. The van der Waals surface area contributed by atoms with E-state index < -0.39 is 0 Å². The largest absolute Gasteiger partial charge is 0.342 e. The Morgan fingerprint density at radius 1 is 1.65 bits per heavy atom. The number of carbonyl (C=O) groups is 1. The van der Waals surface area contributed by atoms with Gasteiger partial charge in [-0.05, 0) is 18.9 Å². The number of halogens is 1. The molecule has 0 saturated carbocycles. The van der Waals surface area contributed by atoms with Crippen LogP contribution in [0.25, 0.3) is 0 Å². The molecule has 0 unspecified atom stereocenters.